The molecule has 1 fully saturated rings. The van der Waals surface area contributed by atoms with Gasteiger partial charge in [0.15, 0.2) is 0 Å². The lowest BCUT2D eigenvalue weighted by Gasteiger charge is -2.34. The molecule has 1 aliphatic heterocycles. The average molecular weight is 342 g/mol. The lowest BCUT2D eigenvalue weighted by Crippen LogP contribution is -2.55. The number of amides is 1. The van der Waals surface area contributed by atoms with Crippen LogP contribution in [0.4, 0.5) is 9.18 Å². The summed E-state index contributed by atoms with van der Waals surface area (Å²) in [4.78, 5) is 13.7. The summed E-state index contributed by atoms with van der Waals surface area (Å²) in [5, 5.41) is 3.30. The molecular weight excluding hydrogens is 311 g/mol. The van der Waals surface area contributed by atoms with E-state index in [1.807, 2.05) is 34.6 Å². The van der Waals surface area contributed by atoms with Crippen molar-refractivity contribution in [1.82, 2.24) is 10.2 Å². The van der Waals surface area contributed by atoms with Crippen LogP contribution in [0.25, 0.3) is 0 Å². The molecule has 1 atom stereocenters. The molecular formula is C18H31FN2O3. The van der Waals surface area contributed by atoms with E-state index in [4.69, 9.17) is 9.47 Å². The molecule has 0 bridgehead atoms. The molecule has 0 radical (unpaired) electrons. The van der Waals surface area contributed by atoms with Gasteiger partial charge in [-0.15, -0.1) is 0 Å². The second-order valence-corrected chi connectivity index (χ2v) is 6.34. The van der Waals surface area contributed by atoms with Crippen LogP contribution in [0.1, 0.15) is 36.0 Å². The fourth-order valence-corrected chi connectivity index (χ4v) is 2.16. The van der Waals surface area contributed by atoms with Gasteiger partial charge in [-0.05, 0) is 45.0 Å². The van der Waals surface area contributed by atoms with Crippen LogP contribution >= 0.6 is 0 Å². The number of ether oxygens (including phenoxy) is 2. The van der Waals surface area contributed by atoms with E-state index in [1.165, 1.54) is 12.1 Å². The predicted octanol–water partition coefficient (Wildman–Crippen LogP) is 3.69. The zero-order chi connectivity index (χ0) is 18.2. The number of nitrogens with one attached hydrogen (secondary N) is 1. The van der Waals surface area contributed by atoms with Crippen molar-refractivity contribution in [3.05, 3.63) is 30.1 Å². The molecule has 1 amide bonds. The molecule has 1 N–H and O–H groups in total. The molecule has 0 aromatic heterocycles. The molecule has 0 spiro atoms. The zero-order valence-corrected chi connectivity index (χ0v) is 15.3. The molecule has 138 valence electrons. The normalized spacial score (nSPS) is 17.6. The number of benzene rings is 1. The summed E-state index contributed by atoms with van der Waals surface area (Å²) in [5.41, 5.74) is -0.498. The van der Waals surface area contributed by atoms with Crippen LogP contribution in [0.3, 0.4) is 0 Å². The molecule has 0 unspecified atom stereocenters. The Labute approximate surface area is 145 Å². The topological polar surface area (TPSA) is 50.8 Å². The van der Waals surface area contributed by atoms with Crippen molar-refractivity contribution in [2.45, 2.75) is 46.3 Å². The molecule has 6 heteroatoms. The van der Waals surface area contributed by atoms with Crippen molar-refractivity contribution >= 4 is 6.09 Å². The summed E-state index contributed by atoms with van der Waals surface area (Å²) in [7, 11) is 0. The minimum atomic E-state index is -0.498. The fourth-order valence-electron chi connectivity index (χ4n) is 2.16. The first kappa shape index (κ1) is 20.2. The smallest absolute Gasteiger partial charge is 0.410 e. The summed E-state index contributed by atoms with van der Waals surface area (Å²) in [6, 6.07) is 5.91. The molecule has 0 saturated carbocycles. The standard InChI is InChI=1S/C16H23FN2O3.C2H6.H2/c1-16(2,3)22-15(20)19-9-8-18-13(10-19)11-21-14-6-4-12(17)5-7-14;1-2;/h4-7,13,18H,8-11H2,1-3H3;1-2H3;1H/t13-;;/m1../s1. The third kappa shape index (κ3) is 7.17. The van der Waals surface area contributed by atoms with Gasteiger partial charge in [0.2, 0.25) is 0 Å². The van der Waals surface area contributed by atoms with Crippen molar-refractivity contribution in [3.63, 3.8) is 0 Å². The number of hydrogen-bond donors (Lipinski definition) is 1. The number of carbonyl (C=O) groups excluding carboxylic acids is 1. The van der Waals surface area contributed by atoms with Gasteiger partial charge in [-0.3, -0.25) is 0 Å². The average Bonchev–Trinajstić information content (AvgIpc) is 2.55. The fraction of sp³-hybridized carbons (Fsp3) is 0.611. The number of halogens is 1. The van der Waals surface area contributed by atoms with Gasteiger partial charge >= 0.3 is 6.09 Å². The van der Waals surface area contributed by atoms with Gasteiger partial charge in [0.1, 0.15) is 23.8 Å². The van der Waals surface area contributed by atoms with Crippen LogP contribution in [-0.4, -0.2) is 48.9 Å². The molecule has 1 aliphatic rings. The van der Waals surface area contributed by atoms with Crippen molar-refractivity contribution in [1.29, 1.82) is 0 Å². The van der Waals surface area contributed by atoms with E-state index in [0.29, 0.717) is 32.0 Å². The lowest BCUT2D eigenvalue weighted by atomic mass is 10.2. The van der Waals surface area contributed by atoms with E-state index in [-0.39, 0.29) is 19.4 Å². The Morgan fingerprint density at radius 3 is 2.54 bits per heavy atom. The quantitative estimate of drug-likeness (QED) is 0.910. The molecule has 1 aromatic carbocycles. The van der Waals surface area contributed by atoms with Gasteiger partial charge in [-0.2, -0.15) is 0 Å². The maximum absolute atomic E-state index is 12.8. The largest absolute Gasteiger partial charge is 0.492 e. The Kier molecular flexibility index (Phi) is 7.98. The summed E-state index contributed by atoms with van der Waals surface area (Å²) >= 11 is 0. The van der Waals surface area contributed by atoms with Gasteiger partial charge in [-0.1, -0.05) is 13.8 Å². The van der Waals surface area contributed by atoms with Gasteiger partial charge < -0.3 is 19.7 Å². The molecule has 1 aromatic rings. The predicted molar refractivity (Wildman–Crippen MR) is 95.0 cm³/mol. The van der Waals surface area contributed by atoms with E-state index < -0.39 is 5.60 Å². The minimum Gasteiger partial charge on any atom is -0.492 e. The summed E-state index contributed by atoms with van der Waals surface area (Å²) < 4.78 is 23.8. The maximum Gasteiger partial charge on any atom is 0.410 e. The van der Waals surface area contributed by atoms with E-state index in [0.717, 1.165) is 0 Å². The molecule has 5 nitrogen and oxygen atoms in total. The molecule has 24 heavy (non-hydrogen) atoms. The first-order valence-electron chi connectivity index (χ1n) is 8.43. The first-order valence-corrected chi connectivity index (χ1v) is 8.43. The highest BCUT2D eigenvalue weighted by Crippen LogP contribution is 2.14. The van der Waals surface area contributed by atoms with Crippen LogP contribution in [0.5, 0.6) is 5.75 Å². The maximum atomic E-state index is 12.8. The lowest BCUT2D eigenvalue weighted by molar-refractivity contribution is 0.0178. The first-order chi connectivity index (χ1) is 11.3. The SMILES string of the molecule is CC.CC(C)(C)OC(=O)N1CCN[C@@H](COc2ccc(F)cc2)C1.[HH]. The molecule has 2 rings (SSSR count). The molecule has 1 saturated heterocycles. The number of carbonyl (C=O) groups is 1. The van der Waals surface area contributed by atoms with Crippen molar-refractivity contribution in [2.24, 2.45) is 0 Å². The van der Waals surface area contributed by atoms with Crippen LogP contribution in [0.15, 0.2) is 24.3 Å². The highest BCUT2D eigenvalue weighted by Gasteiger charge is 2.27. The summed E-state index contributed by atoms with van der Waals surface area (Å²) in [6.07, 6.45) is -0.305. The Morgan fingerprint density at radius 1 is 1.33 bits per heavy atom. The minimum absolute atomic E-state index is 0. The van der Waals surface area contributed by atoms with Crippen molar-refractivity contribution < 1.29 is 20.1 Å². The monoisotopic (exact) mass is 342 g/mol. The van der Waals surface area contributed by atoms with Crippen LogP contribution in [-0.2, 0) is 4.74 Å². The Morgan fingerprint density at radius 2 is 1.96 bits per heavy atom. The van der Waals surface area contributed by atoms with E-state index in [1.54, 1.807) is 17.0 Å². The van der Waals surface area contributed by atoms with Crippen molar-refractivity contribution in [3.8, 4) is 5.75 Å². The van der Waals surface area contributed by atoms with E-state index in [2.05, 4.69) is 5.32 Å². The number of hydrogen-bond acceptors (Lipinski definition) is 4. The van der Waals surface area contributed by atoms with Crippen LogP contribution in [0, 0.1) is 5.82 Å². The second kappa shape index (κ2) is 9.47. The third-order valence-electron chi connectivity index (χ3n) is 3.17. The Bertz CT molecular complexity index is 506. The van der Waals surface area contributed by atoms with E-state index in [9.17, 15) is 9.18 Å². The van der Waals surface area contributed by atoms with Crippen molar-refractivity contribution in [2.75, 3.05) is 26.2 Å². The number of piperazine rings is 1. The van der Waals surface area contributed by atoms with Gasteiger partial charge in [0, 0.05) is 21.1 Å². The van der Waals surface area contributed by atoms with Gasteiger partial charge in [-0.25, -0.2) is 9.18 Å². The molecule has 1 heterocycles. The number of rotatable bonds is 3. The highest BCUT2D eigenvalue weighted by atomic mass is 19.1. The third-order valence-corrected chi connectivity index (χ3v) is 3.17. The highest BCUT2D eigenvalue weighted by molar-refractivity contribution is 5.68. The zero-order valence-electron chi connectivity index (χ0n) is 15.3. The second-order valence-electron chi connectivity index (χ2n) is 6.34. The van der Waals surface area contributed by atoms with E-state index >= 15 is 0 Å². The van der Waals surface area contributed by atoms with Crippen LogP contribution < -0.4 is 10.1 Å². The molecule has 0 aliphatic carbocycles. The van der Waals surface area contributed by atoms with Gasteiger partial charge in [0.05, 0.1) is 6.04 Å². The Hall–Kier alpha value is -1.82. The summed E-state index contributed by atoms with van der Waals surface area (Å²) in [5.74, 6) is 0.317. The van der Waals surface area contributed by atoms with Crippen LogP contribution in [0.2, 0.25) is 0 Å². The van der Waals surface area contributed by atoms with Gasteiger partial charge in [0.25, 0.3) is 0 Å². The Balaban J connectivity index is 0.00000185. The summed E-state index contributed by atoms with van der Waals surface area (Å²) in [6.45, 7) is 11.8. The number of nitrogens with zero attached hydrogens (tertiary/aromatic N) is 1.